The molecule has 2 aliphatic rings. The fourth-order valence-electron chi connectivity index (χ4n) is 3.62. The number of rotatable bonds is 3. The van der Waals surface area contributed by atoms with Crippen molar-refractivity contribution in [2.75, 3.05) is 6.79 Å². The van der Waals surface area contributed by atoms with Gasteiger partial charge in [0.15, 0.2) is 12.1 Å². The van der Waals surface area contributed by atoms with Crippen LogP contribution in [0.15, 0.2) is 84.4 Å². The van der Waals surface area contributed by atoms with Crippen LogP contribution in [-0.4, -0.2) is 39.8 Å². The smallest absolute Gasteiger partial charge is 0.459 e. The number of nitrogens with zero attached hydrogens (tertiary/aromatic N) is 4. The van der Waals surface area contributed by atoms with Gasteiger partial charge in [-0.15, -0.1) is 5.06 Å². The monoisotopic (exact) mass is 468 g/mol. The molecule has 5 rings (SSSR count). The Morgan fingerprint density at radius 3 is 2.59 bits per heavy atom. The number of amidine groups is 1. The number of alkyl halides is 3. The van der Waals surface area contributed by atoms with E-state index in [0.717, 1.165) is 23.0 Å². The Labute approximate surface area is 190 Å². The van der Waals surface area contributed by atoms with Crippen LogP contribution in [0.25, 0.3) is 11.1 Å². The number of hydroxylamine groups is 2. The maximum atomic E-state index is 13.0. The molecule has 3 heterocycles. The van der Waals surface area contributed by atoms with Gasteiger partial charge in [0.25, 0.3) is 5.88 Å². The summed E-state index contributed by atoms with van der Waals surface area (Å²) in [5.41, 5.74) is 3.60. The highest BCUT2D eigenvalue weighted by atomic mass is 19.4. The van der Waals surface area contributed by atoms with Crippen LogP contribution < -0.4 is 0 Å². The van der Waals surface area contributed by atoms with Gasteiger partial charge in [-0.3, -0.25) is 4.99 Å². The summed E-state index contributed by atoms with van der Waals surface area (Å²) in [5, 5.41) is 0.608. The molecule has 172 valence electrons. The van der Waals surface area contributed by atoms with Crippen LogP contribution in [-0.2, 0) is 19.1 Å². The van der Waals surface area contributed by atoms with E-state index in [4.69, 9.17) is 9.47 Å². The SMILES string of the molecule is O=C(ON(C1=COCO1)C1=NC(c2cccc(-c3cncnc3)c2)c2ccccc21)C(F)(F)F. The van der Waals surface area contributed by atoms with Gasteiger partial charge in [-0.05, 0) is 22.8 Å². The fourth-order valence-corrected chi connectivity index (χ4v) is 3.62. The van der Waals surface area contributed by atoms with Crippen LogP contribution in [0.4, 0.5) is 13.2 Å². The van der Waals surface area contributed by atoms with Crippen LogP contribution in [0.3, 0.4) is 0 Å². The van der Waals surface area contributed by atoms with Gasteiger partial charge in [0, 0.05) is 23.5 Å². The Morgan fingerprint density at radius 1 is 1.06 bits per heavy atom. The molecule has 0 aliphatic carbocycles. The Morgan fingerprint density at radius 2 is 1.85 bits per heavy atom. The minimum absolute atomic E-state index is 0.0246. The van der Waals surface area contributed by atoms with E-state index in [1.165, 1.54) is 6.33 Å². The van der Waals surface area contributed by atoms with Crippen molar-refractivity contribution in [3.8, 4) is 11.1 Å². The van der Waals surface area contributed by atoms with Crippen LogP contribution in [0.5, 0.6) is 0 Å². The molecule has 0 fully saturated rings. The van der Waals surface area contributed by atoms with Crippen LogP contribution in [0.1, 0.15) is 22.7 Å². The van der Waals surface area contributed by atoms with Gasteiger partial charge in [-0.2, -0.15) is 13.2 Å². The summed E-state index contributed by atoms with van der Waals surface area (Å²) in [4.78, 5) is 29.0. The van der Waals surface area contributed by atoms with Crippen LogP contribution >= 0.6 is 0 Å². The zero-order valence-corrected chi connectivity index (χ0v) is 17.3. The lowest BCUT2D eigenvalue weighted by molar-refractivity contribution is -0.225. The first-order valence-electron chi connectivity index (χ1n) is 9.98. The quantitative estimate of drug-likeness (QED) is 0.535. The summed E-state index contributed by atoms with van der Waals surface area (Å²) < 4.78 is 49.1. The van der Waals surface area contributed by atoms with E-state index in [2.05, 4.69) is 19.8 Å². The number of hydrogen-bond donors (Lipinski definition) is 0. The zero-order valence-electron chi connectivity index (χ0n) is 17.3. The number of hydrogen-bond acceptors (Lipinski definition) is 8. The molecule has 1 unspecified atom stereocenters. The maximum Gasteiger partial charge on any atom is 0.493 e. The van der Waals surface area contributed by atoms with Gasteiger partial charge >= 0.3 is 12.1 Å². The summed E-state index contributed by atoms with van der Waals surface area (Å²) in [7, 11) is 0. The molecular formula is C23H15F3N4O4. The van der Waals surface area contributed by atoms with Crippen molar-refractivity contribution >= 4 is 11.8 Å². The van der Waals surface area contributed by atoms with Gasteiger partial charge in [-0.1, -0.05) is 42.5 Å². The van der Waals surface area contributed by atoms with E-state index in [-0.39, 0.29) is 18.5 Å². The third-order valence-electron chi connectivity index (χ3n) is 5.10. The van der Waals surface area contributed by atoms with Gasteiger partial charge in [0.2, 0.25) is 6.79 Å². The zero-order chi connectivity index (χ0) is 23.7. The minimum atomic E-state index is -5.22. The van der Waals surface area contributed by atoms with E-state index in [1.807, 2.05) is 24.3 Å². The van der Waals surface area contributed by atoms with E-state index in [1.54, 1.807) is 36.7 Å². The lowest BCUT2D eigenvalue weighted by Crippen LogP contribution is -2.38. The highest BCUT2D eigenvalue weighted by Crippen LogP contribution is 2.38. The molecule has 0 spiro atoms. The first-order chi connectivity index (χ1) is 16.4. The summed E-state index contributed by atoms with van der Waals surface area (Å²) in [6.07, 6.45) is 0.606. The van der Waals surface area contributed by atoms with Crippen molar-refractivity contribution in [1.82, 2.24) is 15.0 Å². The summed E-state index contributed by atoms with van der Waals surface area (Å²) in [5.74, 6) is -2.68. The maximum absolute atomic E-state index is 13.0. The third-order valence-corrected chi connectivity index (χ3v) is 5.10. The van der Waals surface area contributed by atoms with Crippen molar-refractivity contribution < 1.29 is 32.3 Å². The molecule has 0 radical (unpaired) electrons. The molecule has 0 bridgehead atoms. The molecule has 2 aromatic carbocycles. The second-order valence-corrected chi connectivity index (χ2v) is 7.25. The lowest BCUT2D eigenvalue weighted by atomic mass is 9.95. The molecule has 0 saturated carbocycles. The van der Waals surface area contributed by atoms with Gasteiger partial charge < -0.3 is 14.3 Å². The normalized spacial score (nSPS) is 16.6. The van der Waals surface area contributed by atoms with Crippen LogP contribution in [0, 0.1) is 0 Å². The second kappa shape index (κ2) is 8.50. The summed E-state index contributed by atoms with van der Waals surface area (Å²) >= 11 is 0. The number of aromatic nitrogens is 2. The molecular weight excluding hydrogens is 453 g/mol. The number of carbonyl (C=O) groups excluding carboxylic acids is 1. The van der Waals surface area contributed by atoms with Gasteiger partial charge in [-0.25, -0.2) is 14.8 Å². The molecule has 1 aromatic heterocycles. The largest absolute Gasteiger partial charge is 0.493 e. The predicted octanol–water partition coefficient (Wildman–Crippen LogP) is 4.12. The first-order valence-corrected chi connectivity index (χ1v) is 9.98. The number of halogens is 3. The molecule has 0 amide bonds. The number of benzene rings is 2. The molecule has 2 aliphatic heterocycles. The first kappa shape index (κ1) is 21.4. The van der Waals surface area contributed by atoms with Crippen molar-refractivity contribution in [2.24, 2.45) is 4.99 Å². The summed E-state index contributed by atoms with van der Waals surface area (Å²) in [6.45, 7) is -0.241. The van der Waals surface area contributed by atoms with E-state index in [9.17, 15) is 18.0 Å². The highest BCUT2D eigenvalue weighted by Gasteiger charge is 2.45. The van der Waals surface area contributed by atoms with Gasteiger partial charge in [0.1, 0.15) is 12.4 Å². The predicted molar refractivity (Wildman–Crippen MR) is 111 cm³/mol. The lowest BCUT2D eigenvalue weighted by Gasteiger charge is -2.22. The van der Waals surface area contributed by atoms with E-state index in [0.29, 0.717) is 16.2 Å². The second-order valence-electron chi connectivity index (χ2n) is 7.25. The average molecular weight is 468 g/mol. The van der Waals surface area contributed by atoms with Crippen molar-refractivity contribution in [1.29, 1.82) is 0 Å². The van der Waals surface area contributed by atoms with Crippen molar-refractivity contribution in [3.05, 3.63) is 96.1 Å². The number of aliphatic imine (C=N–C) groups is 1. The molecule has 8 nitrogen and oxygen atoms in total. The minimum Gasteiger partial charge on any atom is -0.459 e. The Balaban J connectivity index is 1.57. The molecule has 34 heavy (non-hydrogen) atoms. The number of ether oxygens (including phenoxy) is 2. The van der Waals surface area contributed by atoms with Gasteiger partial charge in [0.05, 0.1) is 0 Å². The van der Waals surface area contributed by atoms with E-state index >= 15 is 0 Å². The van der Waals surface area contributed by atoms with Crippen molar-refractivity contribution in [3.63, 3.8) is 0 Å². The average Bonchev–Trinajstić information content (AvgIpc) is 3.51. The standard InChI is InChI=1S/C23H15F3N4O4/c24-23(25,26)22(31)34-30(19-11-32-13-33-19)21-18-7-2-1-6-17(18)20(29-21)15-5-3-4-14(8-15)16-9-27-12-28-10-16/h1-12,20H,13H2. The Kier molecular flexibility index (Phi) is 5.36. The molecule has 3 aromatic rings. The van der Waals surface area contributed by atoms with Crippen molar-refractivity contribution in [2.45, 2.75) is 12.2 Å². The fraction of sp³-hybridized carbons (Fsp3) is 0.130. The summed E-state index contributed by atoms with van der Waals surface area (Å²) in [6, 6.07) is 13.9. The Hall–Kier alpha value is -4.41. The Bertz CT molecular complexity index is 1290. The molecule has 11 heteroatoms. The molecule has 1 atom stereocenters. The number of carbonyl (C=O) groups is 1. The number of fused-ring (bicyclic) bond motifs is 1. The van der Waals surface area contributed by atoms with E-state index < -0.39 is 18.2 Å². The molecule has 0 N–H and O–H groups in total. The molecule has 0 saturated heterocycles. The topological polar surface area (TPSA) is 86.1 Å². The van der Waals surface area contributed by atoms with Crippen LogP contribution in [0.2, 0.25) is 0 Å². The highest BCUT2D eigenvalue weighted by molar-refractivity contribution is 6.03. The third kappa shape index (κ3) is 4.03.